The van der Waals surface area contributed by atoms with Crippen molar-refractivity contribution >= 4 is 0 Å². The summed E-state index contributed by atoms with van der Waals surface area (Å²) in [4.78, 5) is 0. The Labute approximate surface area is 143 Å². The van der Waals surface area contributed by atoms with E-state index in [9.17, 15) is 0 Å². The van der Waals surface area contributed by atoms with Gasteiger partial charge in [0.1, 0.15) is 5.75 Å². The van der Waals surface area contributed by atoms with E-state index in [1.165, 1.54) is 17.5 Å². The van der Waals surface area contributed by atoms with Gasteiger partial charge in [-0.15, -0.1) is 0 Å². The third kappa shape index (κ3) is 7.39. The van der Waals surface area contributed by atoms with E-state index in [1.807, 2.05) is 0 Å². The molecule has 0 radical (unpaired) electrons. The topological polar surface area (TPSA) is 35.2 Å². The lowest BCUT2D eigenvalue weighted by atomic mass is 9.84. The van der Waals surface area contributed by atoms with Crippen molar-refractivity contribution in [2.45, 2.75) is 85.1 Å². The Balaban J connectivity index is 2.75. The fraction of sp³-hybridized carbons (Fsp3) is 0.714. The maximum Gasteiger partial charge on any atom is 0.123 e. The highest BCUT2D eigenvalue weighted by Crippen LogP contribution is 2.33. The van der Waals surface area contributed by atoms with E-state index in [2.05, 4.69) is 59.7 Å². The number of rotatable bonds is 9. The van der Waals surface area contributed by atoms with Crippen molar-refractivity contribution in [2.24, 2.45) is 11.7 Å². The summed E-state index contributed by atoms with van der Waals surface area (Å²) in [5, 5.41) is 0. The first-order valence-electron chi connectivity index (χ1n) is 9.25. The molecule has 0 heterocycles. The summed E-state index contributed by atoms with van der Waals surface area (Å²) in [6.07, 6.45) is 5.69. The molecule has 0 fully saturated rings. The van der Waals surface area contributed by atoms with Crippen molar-refractivity contribution in [3.8, 4) is 5.75 Å². The number of aryl methyl sites for hydroxylation is 1. The van der Waals surface area contributed by atoms with Crippen LogP contribution in [0.15, 0.2) is 18.2 Å². The predicted molar refractivity (Wildman–Crippen MR) is 101 cm³/mol. The molecular formula is C21H37NO. The average molecular weight is 320 g/mol. The second kappa shape index (κ2) is 9.32. The normalized spacial score (nSPS) is 13.4. The van der Waals surface area contributed by atoms with Crippen LogP contribution in [0.25, 0.3) is 0 Å². The number of hydrogen-bond acceptors (Lipinski definition) is 2. The zero-order valence-electron chi connectivity index (χ0n) is 16.1. The van der Waals surface area contributed by atoms with Gasteiger partial charge >= 0.3 is 0 Å². The zero-order valence-corrected chi connectivity index (χ0v) is 16.1. The molecule has 1 aromatic rings. The van der Waals surface area contributed by atoms with Crippen molar-refractivity contribution in [1.29, 1.82) is 0 Å². The van der Waals surface area contributed by atoms with Gasteiger partial charge in [0, 0.05) is 6.04 Å². The summed E-state index contributed by atoms with van der Waals surface area (Å²) in [5.41, 5.74) is 8.93. The van der Waals surface area contributed by atoms with Crippen LogP contribution in [-0.2, 0) is 11.8 Å². The van der Waals surface area contributed by atoms with Crippen molar-refractivity contribution in [3.63, 3.8) is 0 Å². The van der Waals surface area contributed by atoms with E-state index in [0.717, 1.165) is 38.0 Å². The summed E-state index contributed by atoms with van der Waals surface area (Å²) < 4.78 is 6.03. The molecule has 2 heteroatoms. The zero-order chi connectivity index (χ0) is 17.5. The lowest BCUT2D eigenvalue weighted by Crippen LogP contribution is -2.19. The second-order valence-electron chi connectivity index (χ2n) is 8.23. The van der Waals surface area contributed by atoms with Crippen LogP contribution in [-0.4, -0.2) is 12.6 Å². The van der Waals surface area contributed by atoms with Crippen LogP contribution < -0.4 is 10.5 Å². The van der Waals surface area contributed by atoms with Gasteiger partial charge in [0.05, 0.1) is 6.61 Å². The molecule has 0 aliphatic carbocycles. The molecule has 1 unspecified atom stereocenters. The van der Waals surface area contributed by atoms with E-state index in [1.54, 1.807) is 0 Å². The van der Waals surface area contributed by atoms with E-state index >= 15 is 0 Å². The molecule has 0 aliphatic heterocycles. The largest absolute Gasteiger partial charge is 0.493 e. The Morgan fingerprint density at radius 1 is 1.13 bits per heavy atom. The number of ether oxygens (including phenoxy) is 1. The molecule has 0 spiro atoms. The highest BCUT2D eigenvalue weighted by molar-refractivity contribution is 5.41. The molecule has 1 atom stereocenters. The maximum absolute atomic E-state index is 6.12. The van der Waals surface area contributed by atoms with Gasteiger partial charge in [-0.3, -0.25) is 0 Å². The Morgan fingerprint density at radius 3 is 2.39 bits per heavy atom. The highest BCUT2D eigenvalue weighted by Gasteiger charge is 2.20. The maximum atomic E-state index is 6.12. The summed E-state index contributed by atoms with van der Waals surface area (Å²) in [6, 6.07) is 7.07. The molecule has 1 aromatic carbocycles. The monoisotopic (exact) mass is 319 g/mol. The summed E-state index contributed by atoms with van der Waals surface area (Å²) in [7, 11) is 0. The van der Waals surface area contributed by atoms with Gasteiger partial charge in [0.2, 0.25) is 0 Å². The Hall–Kier alpha value is -1.02. The first-order chi connectivity index (χ1) is 10.7. The van der Waals surface area contributed by atoms with Crippen LogP contribution in [0.4, 0.5) is 0 Å². The lowest BCUT2D eigenvalue weighted by molar-refractivity contribution is 0.265. The van der Waals surface area contributed by atoms with Crippen LogP contribution in [0.2, 0.25) is 0 Å². The fourth-order valence-corrected chi connectivity index (χ4v) is 2.78. The molecule has 132 valence electrons. The molecule has 2 N–H and O–H groups in total. The Morgan fingerprint density at radius 2 is 1.83 bits per heavy atom. The first kappa shape index (κ1) is 20.0. The SMILES string of the molecule is CCCC(N)CCCc1ccc(OCC(C)C)c(C(C)(C)C)c1. The first-order valence-corrected chi connectivity index (χ1v) is 9.25. The van der Waals surface area contributed by atoms with Crippen LogP contribution in [0.3, 0.4) is 0 Å². The van der Waals surface area contributed by atoms with Gasteiger partial charge in [-0.2, -0.15) is 0 Å². The predicted octanol–water partition coefficient (Wildman–Crippen LogP) is 5.47. The number of hydrogen-bond donors (Lipinski definition) is 1. The molecule has 0 saturated heterocycles. The Bertz CT molecular complexity index is 459. The van der Waals surface area contributed by atoms with Gasteiger partial charge in [0.25, 0.3) is 0 Å². The van der Waals surface area contributed by atoms with Crippen LogP contribution in [0.1, 0.15) is 78.4 Å². The third-order valence-electron chi connectivity index (χ3n) is 4.12. The molecule has 0 aliphatic rings. The third-order valence-corrected chi connectivity index (χ3v) is 4.12. The van der Waals surface area contributed by atoms with Crippen molar-refractivity contribution in [1.82, 2.24) is 0 Å². The van der Waals surface area contributed by atoms with Crippen molar-refractivity contribution in [3.05, 3.63) is 29.3 Å². The minimum atomic E-state index is 0.0982. The summed E-state index contributed by atoms with van der Waals surface area (Å²) in [5.74, 6) is 1.58. The quantitative estimate of drug-likeness (QED) is 0.655. The van der Waals surface area contributed by atoms with Crippen molar-refractivity contribution in [2.75, 3.05) is 6.61 Å². The second-order valence-corrected chi connectivity index (χ2v) is 8.23. The number of nitrogens with two attached hydrogens (primary N) is 1. The highest BCUT2D eigenvalue weighted by atomic mass is 16.5. The smallest absolute Gasteiger partial charge is 0.123 e. The molecule has 23 heavy (non-hydrogen) atoms. The average Bonchev–Trinajstić information content (AvgIpc) is 2.45. The van der Waals surface area contributed by atoms with E-state index < -0.39 is 0 Å². The van der Waals surface area contributed by atoms with E-state index in [-0.39, 0.29) is 5.41 Å². The minimum Gasteiger partial charge on any atom is -0.493 e. The fourth-order valence-electron chi connectivity index (χ4n) is 2.78. The summed E-state index contributed by atoms with van der Waals surface area (Å²) in [6.45, 7) is 14.1. The number of benzene rings is 1. The lowest BCUT2D eigenvalue weighted by Gasteiger charge is -2.24. The van der Waals surface area contributed by atoms with Gasteiger partial charge < -0.3 is 10.5 Å². The molecule has 0 amide bonds. The van der Waals surface area contributed by atoms with Gasteiger partial charge in [-0.25, -0.2) is 0 Å². The molecule has 2 nitrogen and oxygen atoms in total. The van der Waals surface area contributed by atoms with Gasteiger partial charge in [-0.05, 0) is 54.2 Å². The molecule has 0 bridgehead atoms. The van der Waals surface area contributed by atoms with E-state index in [0.29, 0.717) is 12.0 Å². The van der Waals surface area contributed by atoms with Crippen LogP contribution >= 0.6 is 0 Å². The van der Waals surface area contributed by atoms with Crippen molar-refractivity contribution < 1.29 is 4.74 Å². The standard InChI is InChI=1S/C21H37NO/c1-7-9-18(22)11-8-10-17-12-13-20(23-15-16(2)3)19(14-17)21(4,5)6/h12-14,16,18H,7-11,15,22H2,1-6H3. The molecule has 0 aromatic heterocycles. The van der Waals surface area contributed by atoms with Gasteiger partial charge in [0.15, 0.2) is 0 Å². The molecule has 0 saturated carbocycles. The van der Waals surface area contributed by atoms with Gasteiger partial charge in [-0.1, -0.05) is 60.1 Å². The molecule has 1 rings (SSSR count). The van der Waals surface area contributed by atoms with E-state index in [4.69, 9.17) is 10.5 Å². The van der Waals surface area contributed by atoms with Crippen LogP contribution in [0.5, 0.6) is 5.75 Å². The Kier molecular flexibility index (Phi) is 8.11. The molecular weight excluding hydrogens is 282 g/mol. The van der Waals surface area contributed by atoms with Crippen LogP contribution in [0, 0.1) is 5.92 Å². The minimum absolute atomic E-state index is 0.0982. The summed E-state index contributed by atoms with van der Waals surface area (Å²) >= 11 is 0.